The van der Waals surface area contributed by atoms with Crippen molar-refractivity contribution < 1.29 is 29.0 Å². The Hall–Kier alpha value is -4.30. The van der Waals surface area contributed by atoms with Crippen LogP contribution in [-0.4, -0.2) is 33.5 Å². The Kier molecular flexibility index (Phi) is 9.43. The predicted octanol–water partition coefficient (Wildman–Crippen LogP) is 2.20. The molecule has 35 heavy (non-hydrogen) atoms. The van der Waals surface area contributed by atoms with Crippen LogP contribution in [0.15, 0.2) is 36.4 Å². The third kappa shape index (κ3) is 7.90. The van der Waals surface area contributed by atoms with Gasteiger partial charge in [0.05, 0.1) is 9.85 Å². The second-order valence-corrected chi connectivity index (χ2v) is 7.52. The van der Waals surface area contributed by atoms with E-state index in [1.165, 1.54) is 24.3 Å². The Bertz CT molecular complexity index is 1110. The van der Waals surface area contributed by atoms with Crippen molar-refractivity contribution in [3.05, 3.63) is 77.8 Å². The highest BCUT2D eigenvalue weighted by Gasteiger charge is 2.18. The summed E-state index contributed by atoms with van der Waals surface area (Å²) in [4.78, 5) is 67.9. The van der Waals surface area contributed by atoms with Crippen LogP contribution in [0.4, 0.5) is 11.4 Å². The van der Waals surface area contributed by atoms with Gasteiger partial charge in [0.15, 0.2) is 0 Å². The highest BCUT2D eigenvalue weighted by atomic mass is 35.5. The molecule has 16 heteroatoms. The molecule has 2 aromatic rings. The summed E-state index contributed by atoms with van der Waals surface area (Å²) in [6.45, 7) is 0. The van der Waals surface area contributed by atoms with Crippen LogP contribution in [0.3, 0.4) is 0 Å². The van der Waals surface area contributed by atoms with Crippen LogP contribution in [-0.2, 0) is 9.59 Å². The van der Waals surface area contributed by atoms with Gasteiger partial charge in [-0.2, -0.15) is 0 Å². The van der Waals surface area contributed by atoms with Crippen LogP contribution in [0.1, 0.15) is 40.0 Å². The lowest BCUT2D eigenvalue weighted by molar-refractivity contribution is -0.384. The van der Waals surface area contributed by atoms with Gasteiger partial charge in [-0.05, 0) is 30.7 Å². The summed E-state index contributed by atoms with van der Waals surface area (Å²) < 4.78 is 0. The number of nitrogens with one attached hydrogen (secondary N) is 4. The van der Waals surface area contributed by atoms with Crippen LogP contribution in [0.2, 0.25) is 10.0 Å². The standard InChI is InChI=1S/C19H16Cl2N6O8/c20-12-6-4-10(8-14(12)26(32)33)18(30)24-22-16(28)2-1-3-17(29)23-25-19(31)11-5-7-13(21)15(9-11)27(34)35/h4-9H,1-3H2,(H,22,28)(H,23,29)(H,24,30)(H,25,31). The maximum absolute atomic E-state index is 12.0. The van der Waals surface area contributed by atoms with Gasteiger partial charge in [0.2, 0.25) is 11.8 Å². The summed E-state index contributed by atoms with van der Waals surface area (Å²) in [6.07, 6.45) is -0.306. The van der Waals surface area contributed by atoms with E-state index in [1.807, 2.05) is 0 Å². The van der Waals surface area contributed by atoms with Gasteiger partial charge in [0.25, 0.3) is 23.2 Å². The van der Waals surface area contributed by atoms with Gasteiger partial charge >= 0.3 is 0 Å². The van der Waals surface area contributed by atoms with E-state index in [-0.39, 0.29) is 40.4 Å². The maximum Gasteiger partial charge on any atom is 0.288 e. The molecule has 0 aliphatic heterocycles. The number of carbonyl (C=O) groups is 4. The molecular weight excluding hydrogens is 511 g/mol. The molecule has 184 valence electrons. The van der Waals surface area contributed by atoms with Crippen molar-refractivity contribution in [2.24, 2.45) is 0 Å². The number of amides is 4. The molecule has 2 aromatic carbocycles. The summed E-state index contributed by atoms with van der Waals surface area (Å²) >= 11 is 11.3. The minimum absolute atomic E-state index is 0.0439. The fraction of sp³-hybridized carbons (Fsp3) is 0.158. The topological polar surface area (TPSA) is 203 Å². The van der Waals surface area contributed by atoms with E-state index in [9.17, 15) is 39.4 Å². The number of carbonyl (C=O) groups excluding carboxylic acids is 4. The van der Waals surface area contributed by atoms with Crippen molar-refractivity contribution in [1.29, 1.82) is 0 Å². The summed E-state index contributed by atoms with van der Waals surface area (Å²) in [5, 5.41) is 21.4. The Labute approximate surface area is 206 Å². The van der Waals surface area contributed by atoms with E-state index in [4.69, 9.17) is 23.2 Å². The van der Waals surface area contributed by atoms with Crippen LogP contribution >= 0.6 is 23.2 Å². The molecule has 0 heterocycles. The van der Waals surface area contributed by atoms with E-state index in [0.29, 0.717) is 0 Å². The maximum atomic E-state index is 12.0. The van der Waals surface area contributed by atoms with E-state index in [2.05, 4.69) is 21.7 Å². The van der Waals surface area contributed by atoms with Crippen molar-refractivity contribution in [3.63, 3.8) is 0 Å². The second-order valence-electron chi connectivity index (χ2n) is 6.70. The fourth-order valence-corrected chi connectivity index (χ4v) is 2.89. The van der Waals surface area contributed by atoms with Crippen molar-refractivity contribution >= 4 is 58.2 Å². The number of halogens is 2. The smallest absolute Gasteiger partial charge is 0.273 e. The Morgan fingerprint density at radius 3 is 1.40 bits per heavy atom. The molecule has 0 aliphatic carbocycles. The second kappa shape index (κ2) is 12.2. The van der Waals surface area contributed by atoms with Gasteiger partial charge in [0, 0.05) is 36.1 Å². The first-order chi connectivity index (χ1) is 16.5. The molecule has 0 unspecified atom stereocenters. The van der Waals surface area contributed by atoms with Crippen LogP contribution in [0.25, 0.3) is 0 Å². The number of nitrogens with zero attached hydrogens (tertiary/aromatic N) is 2. The number of hydrogen-bond donors (Lipinski definition) is 4. The van der Waals surface area contributed by atoms with Gasteiger partial charge in [-0.1, -0.05) is 23.2 Å². The fourth-order valence-electron chi connectivity index (χ4n) is 2.52. The quantitative estimate of drug-likeness (QED) is 0.295. The normalized spacial score (nSPS) is 10.1. The Morgan fingerprint density at radius 2 is 1.06 bits per heavy atom. The molecule has 0 saturated carbocycles. The molecule has 0 radical (unpaired) electrons. The molecule has 0 atom stereocenters. The van der Waals surface area contributed by atoms with Crippen molar-refractivity contribution in [2.45, 2.75) is 19.3 Å². The summed E-state index contributed by atoms with van der Waals surface area (Å²) in [5.41, 5.74) is 7.19. The first-order valence-electron chi connectivity index (χ1n) is 9.56. The van der Waals surface area contributed by atoms with Gasteiger partial charge < -0.3 is 0 Å². The highest BCUT2D eigenvalue weighted by molar-refractivity contribution is 6.33. The zero-order valence-corrected chi connectivity index (χ0v) is 19.0. The van der Waals surface area contributed by atoms with E-state index >= 15 is 0 Å². The first kappa shape index (κ1) is 26.9. The third-order valence-electron chi connectivity index (χ3n) is 4.25. The van der Waals surface area contributed by atoms with Gasteiger partial charge in [-0.3, -0.25) is 61.1 Å². The molecule has 0 bridgehead atoms. The molecule has 14 nitrogen and oxygen atoms in total. The molecule has 4 amide bonds. The highest BCUT2D eigenvalue weighted by Crippen LogP contribution is 2.25. The van der Waals surface area contributed by atoms with E-state index < -0.39 is 44.9 Å². The largest absolute Gasteiger partial charge is 0.288 e. The molecule has 0 saturated heterocycles. The molecule has 0 aliphatic rings. The Morgan fingerprint density at radius 1 is 0.686 bits per heavy atom. The number of hydrogen-bond acceptors (Lipinski definition) is 8. The minimum Gasteiger partial charge on any atom is -0.273 e. The number of nitro benzene ring substituents is 2. The monoisotopic (exact) mass is 526 g/mol. The average Bonchev–Trinajstić information content (AvgIpc) is 2.81. The Balaban J connectivity index is 1.73. The summed E-state index contributed by atoms with van der Waals surface area (Å²) in [7, 11) is 0. The average molecular weight is 527 g/mol. The number of hydrazine groups is 2. The lowest BCUT2D eigenvalue weighted by atomic mass is 10.2. The van der Waals surface area contributed by atoms with Crippen LogP contribution in [0.5, 0.6) is 0 Å². The first-order valence-corrected chi connectivity index (χ1v) is 10.3. The van der Waals surface area contributed by atoms with Crippen molar-refractivity contribution in [3.8, 4) is 0 Å². The van der Waals surface area contributed by atoms with Crippen molar-refractivity contribution in [1.82, 2.24) is 21.7 Å². The number of nitro groups is 2. The zero-order valence-electron chi connectivity index (χ0n) is 17.5. The van der Waals surface area contributed by atoms with Crippen LogP contribution < -0.4 is 21.7 Å². The molecule has 0 fully saturated rings. The van der Waals surface area contributed by atoms with Gasteiger partial charge in [0.1, 0.15) is 10.0 Å². The van der Waals surface area contributed by atoms with E-state index in [1.54, 1.807) is 0 Å². The number of rotatable bonds is 8. The summed E-state index contributed by atoms with van der Waals surface area (Å²) in [6, 6.07) is 6.70. The molecule has 0 aromatic heterocycles. The number of benzene rings is 2. The predicted molar refractivity (Wildman–Crippen MR) is 121 cm³/mol. The SMILES string of the molecule is O=C(CCCC(=O)NNC(=O)c1ccc(Cl)c([N+](=O)[O-])c1)NNC(=O)c1ccc(Cl)c([N+](=O)[O-])c1. The van der Waals surface area contributed by atoms with Gasteiger partial charge in [-0.25, -0.2) is 0 Å². The minimum atomic E-state index is -0.819. The third-order valence-corrected chi connectivity index (χ3v) is 4.89. The summed E-state index contributed by atoms with van der Waals surface area (Å²) in [5.74, 6) is -2.93. The molecule has 4 N–H and O–H groups in total. The van der Waals surface area contributed by atoms with Crippen molar-refractivity contribution in [2.75, 3.05) is 0 Å². The lowest BCUT2D eigenvalue weighted by Crippen LogP contribution is -2.42. The molecule has 2 rings (SSSR count). The van der Waals surface area contributed by atoms with Crippen LogP contribution in [0, 0.1) is 20.2 Å². The lowest BCUT2D eigenvalue weighted by Gasteiger charge is -2.09. The van der Waals surface area contributed by atoms with E-state index in [0.717, 1.165) is 12.1 Å². The molecule has 0 spiro atoms. The van der Waals surface area contributed by atoms with Gasteiger partial charge in [-0.15, -0.1) is 0 Å². The zero-order chi connectivity index (χ0) is 26.1. The molecular formula is C19H16Cl2N6O8.